The molecule has 3 aromatic rings. The van der Waals surface area contributed by atoms with Gasteiger partial charge < -0.3 is 5.73 Å². The predicted octanol–water partition coefficient (Wildman–Crippen LogP) is 2.78. The van der Waals surface area contributed by atoms with Gasteiger partial charge in [-0.05, 0) is 24.3 Å². The molecule has 19 heavy (non-hydrogen) atoms. The highest BCUT2D eigenvalue weighted by Gasteiger charge is 2.10. The zero-order valence-corrected chi connectivity index (χ0v) is 10.6. The number of benzene rings is 2. The summed E-state index contributed by atoms with van der Waals surface area (Å²) in [5.74, 6) is -0.484. The van der Waals surface area contributed by atoms with Gasteiger partial charge in [-0.3, -0.25) is 4.79 Å². The lowest BCUT2D eigenvalue weighted by Crippen LogP contribution is -2.11. The first-order chi connectivity index (χ1) is 9.15. The number of aromatic nitrogens is 2. The monoisotopic (exact) mass is 271 g/mol. The van der Waals surface area contributed by atoms with Crippen LogP contribution in [0.2, 0.25) is 5.02 Å². The molecule has 0 saturated carbocycles. The summed E-state index contributed by atoms with van der Waals surface area (Å²) in [5, 5.41) is 5.89. The van der Waals surface area contributed by atoms with Gasteiger partial charge in [0.1, 0.15) is 5.52 Å². The number of nitrogens with two attached hydrogens (primary N) is 1. The molecule has 0 aliphatic heterocycles. The van der Waals surface area contributed by atoms with Crippen LogP contribution in [0.4, 0.5) is 0 Å². The van der Waals surface area contributed by atoms with Gasteiger partial charge in [-0.1, -0.05) is 29.8 Å². The molecule has 0 aliphatic carbocycles. The van der Waals surface area contributed by atoms with Crippen LogP contribution in [0.25, 0.3) is 16.6 Å². The number of fused-ring (bicyclic) bond motifs is 1. The summed E-state index contributed by atoms with van der Waals surface area (Å²) in [6.45, 7) is 0. The molecule has 1 aromatic heterocycles. The first kappa shape index (κ1) is 11.7. The SMILES string of the molecule is NC(=O)c1cccc2cn(-c3cccc(Cl)c3)nc12. The summed E-state index contributed by atoms with van der Waals surface area (Å²) in [6.07, 6.45) is 1.84. The molecule has 0 bridgehead atoms. The maximum Gasteiger partial charge on any atom is 0.250 e. The molecule has 5 heteroatoms. The van der Waals surface area contributed by atoms with Gasteiger partial charge in [-0.25, -0.2) is 4.68 Å². The molecule has 0 aliphatic rings. The summed E-state index contributed by atoms with van der Waals surface area (Å²) in [4.78, 5) is 11.4. The zero-order chi connectivity index (χ0) is 13.4. The van der Waals surface area contributed by atoms with E-state index in [1.807, 2.05) is 24.4 Å². The Kier molecular flexibility index (Phi) is 2.72. The maximum atomic E-state index is 11.4. The van der Waals surface area contributed by atoms with Crippen LogP contribution >= 0.6 is 11.6 Å². The molecule has 0 atom stereocenters. The van der Waals surface area contributed by atoms with Crippen molar-refractivity contribution >= 4 is 28.4 Å². The van der Waals surface area contributed by atoms with Crippen LogP contribution in [0, 0.1) is 0 Å². The quantitative estimate of drug-likeness (QED) is 0.779. The summed E-state index contributed by atoms with van der Waals surface area (Å²) < 4.78 is 1.68. The van der Waals surface area contributed by atoms with Crippen molar-refractivity contribution in [1.82, 2.24) is 9.78 Å². The van der Waals surface area contributed by atoms with Gasteiger partial charge in [0.05, 0.1) is 11.3 Å². The fourth-order valence-electron chi connectivity index (χ4n) is 2.00. The largest absolute Gasteiger partial charge is 0.366 e. The van der Waals surface area contributed by atoms with Gasteiger partial charge in [-0.15, -0.1) is 0 Å². The van der Waals surface area contributed by atoms with Crippen molar-refractivity contribution in [3.63, 3.8) is 0 Å². The second kappa shape index (κ2) is 4.40. The van der Waals surface area contributed by atoms with Crippen LogP contribution < -0.4 is 5.73 Å². The number of nitrogens with zero attached hydrogens (tertiary/aromatic N) is 2. The Labute approximate surface area is 114 Å². The van der Waals surface area contributed by atoms with Crippen molar-refractivity contribution < 1.29 is 4.79 Å². The van der Waals surface area contributed by atoms with Gasteiger partial charge in [0.15, 0.2) is 0 Å². The van der Waals surface area contributed by atoms with Crippen molar-refractivity contribution in [3.05, 3.63) is 59.2 Å². The molecule has 2 aromatic carbocycles. The van der Waals surface area contributed by atoms with Crippen LogP contribution in [0.5, 0.6) is 0 Å². The molecule has 94 valence electrons. The Morgan fingerprint density at radius 3 is 2.74 bits per heavy atom. The van der Waals surface area contributed by atoms with Crippen molar-refractivity contribution in [2.24, 2.45) is 5.73 Å². The maximum absolute atomic E-state index is 11.4. The van der Waals surface area contributed by atoms with E-state index in [0.29, 0.717) is 16.1 Å². The smallest absolute Gasteiger partial charge is 0.250 e. The molecule has 0 saturated heterocycles. The van der Waals surface area contributed by atoms with Crippen LogP contribution in [0.3, 0.4) is 0 Å². The van der Waals surface area contributed by atoms with E-state index in [0.717, 1.165) is 11.1 Å². The number of hydrogen-bond donors (Lipinski definition) is 1. The van der Waals surface area contributed by atoms with Crippen LogP contribution in [-0.4, -0.2) is 15.7 Å². The van der Waals surface area contributed by atoms with E-state index in [4.69, 9.17) is 17.3 Å². The van der Waals surface area contributed by atoms with E-state index in [-0.39, 0.29) is 0 Å². The lowest BCUT2D eigenvalue weighted by molar-refractivity contribution is 0.100. The molecule has 0 unspecified atom stereocenters. The van der Waals surface area contributed by atoms with E-state index >= 15 is 0 Å². The number of halogens is 1. The zero-order valence-electron chi connectivity index (χ0n) is 9.88. The third kappa shape index (κ3) is 2.06. The highest BCUT2D eigenvalue weighted by Crippen LogP contribution is 2.20. The highest BCUT2D eigenvalue weighted by atomic mass is 35.5. The molecular formula is C14H10ClN3O. The number of carbonyl (C=O) groups excluding carboxylic acids is 1. The number of primary amides is 1. The molecule has 1 heterocycles. The van der Waals surface area contributed by atoms with Crippen molar-refractivity contribution in [1.29, 1.82) is 0 Å². The normalized spacial score (nSPS) is 10.8. The highest BCUT2D eigenvalue weighted by molar-refractivity contribution is 6.30. The van der Waals surface area contributed by atoms with Gasteiger partial charge in [0.25, 0.3) is 5.91 Å². The minimum atomic E-state index is -0.484. The summed E-state index contributed by atoms with van der Waals surface area (Å²) in [5.41, 5.74) is 7.18. The lowest BCUT2D eigenvalue weighted by Gasteiger charge is -2.00. The van der Waals surface area contributed by atoms with Crippen LogP contribution in [0.15, 0.2) is 48.7 Å². The molecular weight excluding hydrogens is 262 g/mol. The Balaban J connectivity index is 2.22. The Morgan fingerprint density at radius 1 is 1.21 bits per heavy atom. The Bertz CT molecular complexity index is 779. The molecule has 0 spiro atoms. The second-order valence-corrected chi connectivity index (χ2v) is 4.60. The molecule has 0 fully saturated rings. The number of hydrogen-bond acceptors (Lipinski definition) is 2. The Hall–Kier alpha value is -2.33. The summed E-state index contributed by atoms with van der Waals surface area (Å²) >= 11 is 5.96. The first-order valence-corrected chi connectivity index (χ1v) is 6.07. The van der Waals surface area contributed by atoms with Gasteiger partial charge in [-0.2, -0.15) is 5.10 Å². The number of amides is 1. The lowest BCUT2D eigenvalue weighted by atomic mass is 10.1. The fourth-order valence-corrected chi connectivity index (χ4v) is 2.18. The second-order valence-electron chi connectivity index (χ2n) is 4.16. The van der Waals surface area contributed by atoms with E-state index in [1.165, 1.54) is 0 Å². The Morgan fingerprint density at radius 2 is 2.00 bits per heavy atom. The van der Waals surface area contributed by atoms with Gasteiger partial charge in [0, 0.05) is 16.6 Å². The minimum Gasteiger partial charge on any atom is -0.366 e. The van der Waals surface area contributed by atoms with E-state index in [1.54, 1.807) is 28.9 Å². The van der Waals surface area contributed by atoms with Crippen LogP contribution in [0.1, 0.15) is 10.4 Å². The summed E-state index contributed by atoms with van der Waals surface area (Å²) in [6, 6.07) is 12.7. The van der Waals surface area contributed by atoms with E-state index < -0.39 is 5.91 Å². The molecule has 4 nitrogen and oxygen atoms in total. The third-order valence-electron chi connectivity index (χ3n) is 2.87. The average Bonchev–Trinajstić information content (AvgIpc) is 2.82. The van der Waals surface area contributed by atoms with E-state index in [2.05, 4.69) is 5.10 Å². The van der Waals surface area contributed by atoms with E-state index in [9.17, 15) is 4.79 Å². The summed E-state index contributed by atoms with van der Waals surface area (Å²) in [7, 11) is 0. The number of carbonyl (C=O) groups is 1. The topological polar surface area (TPSA) is 60.9 Å². The predicted molar refractivity (Wildman–Crippen MR) is 74.6 cm³/mol. The molecule has 0 radical (unpaired) electrons. The van der Waals surface area contributed by atoms with Crippen molar-refractivity contribution in [2.45, 2.75) is 0 Å². The molecule has 1 amide bonds. The molecule has 2 N–H and O–H groups in total. The molecule has 3 rings (SSSR count). The standard InChI is InChI=1S/C14H10ClN3O/c15-10-4-2-5-11(7-10)18-8-9-3-1-6-12(14(16)19)13(9)17-18/h1-8H,(H2,16,19). The first-order valence-electron chi connectivity index (χ1n) is 5.69. The van der Waals surface area contributed by atoms with Crippen molar-refractivity contribution in [3.8, 4) is 5.69 Å². The van der Waals surface area contributed by atoms with Crippen molar-refractivity contribution in [2.75, 3.05) is 0 Å². The number of rotatable bonds is 2. The fraction of sp³-hybridized carbons (Fsp3) is 0. The van der Waals surface area contributed by atoms with Gasteiger partial charge in [0.2, 0.25) is 0 Å². The third-order valence-corrected chi connectivity index (χ3v) is 3.11. The van der Waals surface area contributed by atoms with Gasteiger partial charge >= 0.3 is 0 Å². The van der Waals surface area contributed by atoms with Crippen LogP contribution in [-0.2, 0) is 0 Å². The minimum absolute atomic E-state index is 0.415. The average molecular weight is 272 g/mol.